The zero-order chi connectivity index (χ0) is 15.4. The van der Waals surface area contributed by atoms with E-state index in [9.17, 15) is 4.79 Å². The van der Waals surface area contributed by atoms with E-state index in [1.807, 2.05) is 5.38 Å². The summed E-state index contributed by atoms with van der Waals surface area (Å²) in [6.07, 6.45) is 1.57. The predicted molar refractivity (Wildman–Crippen MR) is 86.8 cm³/mol. The van der Waals surface area contributed by atoms with Crippen molar-refractivity contribution in [3.8, 4) is 6.07 Å². The Morgan fingerprint density at radius 3 is 2.95 bits per heavy atom. The molecule has 2 heterocycles. The first kappa shape index (κ1) is 14.8. The number of amides is 1. The number of thiophene rings is 1. The lowest BCUT2D eigenvalue weighted by molar-refractivity contribution is -0.915. The van der Waals surface area contributed by atoms with Gasteiger partial charge in [-0.3, -0.25) is 4.79 Å². The number of quaternary nitrogens is 1. The molecule has 0 spiro atoms. The fourth-order valence-corrected chi connectivity index (χ4v) is 3.58. The Morgan fingerprint density at radius 1 is 1.32 bits per heavy atom. The number of carbonyl (C=O) groups is 1. The summed E-state index contributed by atoms with van der Waals surface area (Å²) in [6, 6.07) is 12.4. The van der Waals surface area contributed by atoms with Gasteiger partial charge in [-0.25, -0.2) is 0 Å². The van der Waals surface area contributed by atoms with Crippen LogP contribution in [0.25, 0.3) is 0 Å². The summed E-state index contributed by atoms with van der Waals surface area (Å²) in [5.41, 5.74) is 3.37. The summed E-state index contributed by atoms with van der Waals surface area (Å²) in [5.74, 6) is -0.00897. The van der Waals surface area contributed by atoms with Crippen molar-refractivity contribution in [3.05, 3.63) is 52.4 Å². The molecule has 3 rings (SSSR count). The van der Waals surface area contributed by atoms with Gasteiger partial charge in [0.25, 0.3) is 0 Å². The van der Waals surface area contributed by atoms with Gasteiger partial charge in [0.2, 0.25) is 5.91 Å². The van der Waals surface area contributed by atoms with Crippen LogP contribution in [0.1, 0.15) is 23.1 Å². The number of nitriles is 1. The van der Waals surface area contributed by atoms with Crippen LogP contribution in [0.15, 0.2) is 35.7 Å². The highest BCUT2D eigenvalue weighted by Gasteiger charge is 2.19. The van der Waals surface area contributed by atoms with Crippen molar-refractivity contribution in [3.63, 3.8) is 0 Å². The summed E-state index contributed by atoms with van der Waals surface area (Å²) in [5, 5.41) is 14.3. The van der Waals surface area contributed by atoms with E-state index in [0.717, 1.165) is 26.1 Å². The predicted octanol–water partition coefficient (Wildman–Crippen LogP) is 1.59. The standard InChI is InChI=1S/C17H17N3OS/c18-11-14-7-10-22-17(14)19-16(21)6-9-20-8-5-13-3-1-2-4-15(13)12-20/h1-4,7,10H,5-6,8-9,12H2,(H,19,21)/p+1. The maximum absolute atomic E-state index is 12.0. The molecule has 5 heteroatoms. The van der Waals surface area contributed by atoms with Gasteiger partial charge >= 0.3 is 0 Å². The van der Waals surface area contributed by atoms with Gasteiger partial charge in [-0.2, -0.15) is 5.26 Å². The van der Waals surface area contributed by atoms with Gasteiger partial charge in [-0.15, -0.1) is 11.3 Å². The number of rotatable bonds is 4. The number of nitrogens with one attached hydrogen (secondary N) is 2. The molecule has 22 heavy (non-hydrogen) atoms. The molecule has 2 aromatic rings. The Morgan fingerprint density at radius 2 is 2.14 bits per heavy atom. The van der Waals surface area contributed by atoms with E-state index in [0.29, 0.717) is 17.0 Å². The minimum Gasteiger partial charge on any atom is -0.330 e. The second kappa shape index (κ2) is 6.73. The molecule has 0 bridgehead atoms. The maximum Gasteiger partial charge on any atom is 0.230 e. The summed E-state index contributed by atoms with van der Waals surface area (Å²) >= 11 is 1.39. The van der Waals surface area contributed by atoms with Gasteiger partial charge in [0.1, 0.15) is 17.6 Å². The van der Waals surface area contributed by atoms with E-state index >= 15 is 0 Å². The monoisotopic (exact) mass is 312 g/mol. The highest BCUT2D eigenvalue weighted by atomic mass is 32.1. The summed E-state index contributed by atoms with van der Waals surface area (Å²) in [4.78, 5) is 13.5. The number of benzene rings is 1. The third-order valence-electron chi connectivity index (χ3n) is 4.05. The lowest BCUT2D eigenvalue weighted by atomic mass is 10.00. The normalized spacial score (nSPS) is 16.6. The molecule has 0 radical (unpaired) electrons. The zero-order valence-electron chi connectivity index (χ0n) is 12.3. The maximum atomic E-state index is 12.0. The van der Waals surface area contributed by atoms with Crippen molar-refractivity contribution in [2.24, 2.45) is 0 Å². The van der Waals surface area contributed by atoms with E-state index in [4.69, 9.17) is 5.26 Å². The molecule has 1 atom stereocenters. The molecule has 1 unspecified atom stereocenters. The number of hydrogen-bond acceptors (Lipinski definition) is 3. The largest absolute Gasteiger partial charge is 0.330 e. The van der Waals surface area contributed by atoms with Crippen LogP contribution in [0.2, 0.25) is 0 Å². The fourth-order valence-electron chi connectivity index (χ4n) is 2.83. The molecule has 4 nitrogen and oxygen atoms in total. The summed E-state index contributed by atoms with van der Waals surface area (Å²) in [6.45, 7) is 2.89. The van der Waals surface area contributed by atoms with E-state index in [-0.39, 0.29) is 5.91 Å². The Labute approximate surface area is 134 Å². The molecule has 0 saturated carbocycles. The van der Waals surface area contributed by atoms with Gasteiger partial charge < -0.3 is 10.2 Å². The molecule has 1 aliphatic rings. The van der Waals surface area contributed by atoms with E-state index < -0.39 is 0 Å². The lowest BCUT2D eigenvalue weighted by Crippen LogP contribution is -3.11. The first-order chi connectivity index (χ1) is 10.8. The Kier molecular flexibility index (Phi) is 4.52. The molecule has 2 N–H and O–H groups in total. The van der Waals surface area contributed by atoms with Crippen LogP contribution in [0.4, 0.5) is 5.00 Å². The van der Waals surface area contributed by atoms with Crippen molar-refractivity contribution in [1.29, 1.82) is 5.26 Å². The molecule has 0 fully saturated rings. The number of nitrogens with zero attached hydrogens (tertiary/aromatic N) is 1. The van der Waals surface area contributed by atoms with Crippen LogP contribution in [0.3, 0.4) is 0 Å². The molecule has 1 aromatic carbocycles. The average molecular weight is 312 g/mol. The van der Waals surface area contributed by atoms with Gasteiger partial charge in [-0.1, -0.05) is 24.3 Å². The Hall–Kier alpha value is -2.16. The first-order valence-electron chi connectivity index (χ1n) is 7.44. The summed E-state index contributed by atoms with van der Waals surface area (Å²) < 4.78 is 0. The molecular formula is C17H18N3OS+. The molecule has 0 aliphatic carbocycles. The number of fused-ring (bicyclic) bond motifs is 1. The zero-order valence-corrected chi connectivity index (χ0v) is 13.1. The number of hydrogen-bond donors (Lipinski definition) is 2. The second-order valence-electron chi connectivity index (χ2n) is 5.52. The van der Waals surface area contributed by atoms with Crippen molar-refractivity contribution in [1.82, 2.24) is 0 Å². The third-order valence-corrected chi connectivity index (χ3v) is 4.88. The minimum atomic E-state index is -0.00897. The molecule has 1 amide bonds. The first-order valence-corrected chi connectivity index (χ1v) is 8.32. The number of carbonyl (C=O) groups excluding carboxylic acids is 1. The molecule has 1 aromatic heterocycles. The van der Waals surface area contributed by atoms with Gasteiger partial charge in [0.05, 0.1) is 25.1 Å². The molecule has 0 saturated heterocycles. The second-order valence-corrected chi connectivity index (χ2v) is 6.43. The lowest BCUT2D eigenvalue weighted by Gasteiger charge is -2.25. The Bertz CT molecular complexity index is 717. The topological polar surface area (TPSA) is 57.3 Å². The quantitative estimate of drug-likeness (QED) is 0.901. The van der Waals surface area contributed by atoms with Gasteiger partial charge in [0, 0.05) is 12.0 Å². The fraction of sp³-hybridized carbons (Fsp3) is 0.294. The molecule has 1 aliphatic heterocycles. The SMILES string of the molecule is N#Cc1ccsc1NC(=O)CC[NH+]1CCc2ccccc2C1. The number of anilines is 1. The van der Waals surface area contributed by atoms with Crippen molar-refractivity contribution in [2.75, 3.05) is 18.4 Å². The van der Waals surface area contributed by atoms with E-state index in [2.05, 4.69) is 35.7 Å². The smallest absolute Gasteiger partial charge is 0.230 e. The van der Waals surface area contributed by atoms with Gasteiger partial charge in [0.15, 0.2) is 0 Å². The molecule has 112 valence electrons. The van der Waals surface area contributed by atoms with Crippen molar-refractivity contribution < 1.29 is 9.69 Å². The minimum absolute atomic E-state index is 0.00897. The van der Waals surface area contributed by atoms with Crippen LogP contribution in [0.5, 0.6) is 0 Å². The van der Waals surface area contributed by atoms with Crippen molar-refractivity contribution >= 4 is 22.2 Å². The van der Waals surface area contributed by atoms with E-state index in [1.165, 1.54) is 27.4 Å². The Balaban J connectivity index is 1.51. The van der Waals surface area contributed by atoms with Gasteiger partial charge in [-0.05, 0) is 17.0 Å². The van der Waals surface area contributed by atoms with Crippen molar-refractivity contribution in [2.45, 2.75) is 19.4 Å². The highest BCUT2D eigenvalue weighted by Crippen LogP contribution is 2.22. The summed E-state index contributed by atoms with van der Waals surface area (Å²) in [7, 11) is 0. The van der Waals surface area contributed by atoms with Crippen LogP contribution in [-0.2, 0) is 17.8 Å². The highest BCUT2D eigenvalue weighted by molar-refractivity contribution is 7.14. The van der Waals surface area contributed by atoms with Crippen LogP contribution in [-0.4, -0.2) is 19.0 Å². The van der Waals surface area contributed by atoms with E-state index in [1.54, 1.807) is 6.07 Å². The van der Waals surface area contributed by atoms with Crippen LogP contribution in [0, 0.1) is 11.3 Å². The third kappa shape index (κ3) is 3.35. The van der Waals surface area contributed by atoms with Crippen LogP contribution >= 0.6 is 11.3 Å². The molecular weight excluding hydrogens is 294 g/mol. The average Bonchev–Trinajstić information content (AvgIpc) is 3.00. The van der Waals surface area contributed by atoms with Crippen LogP contribution < -0.4 is 10.2 Å².